The topological polar surface area (TPSA) is 34.1 Å². The van der Waals surface area contributed by atoms with Crippen molar-refractivity contribution in [2.24, 2.45) is 0 Å². The Balaban J connectivity index is 1.93. The minimum Gasteiger partial charge on any atom is -0.487 e. The predicted molar refractivity (Wildman–Crippen MR) is 81.7 cm³/mol. The van der Waals surface area contributed by atoms with Crippen LogP contribution in [0, 0.1) is 6.92 Å². The maximum absolute atomic E-state index is 5.83. The van der Waals surface area contributed by atoms with E-state index in [4.69, 9.17) is 4.74 Å². The van der Waals surface area contributed by atoms with Crippen LogP contribution in [0.1, 0.15) is 30.2 Å². The SMILES string of the molecule is CCCNCc1cccc(OCc2ncccc2C)c1. The van der Waals surface area contributed by atoms with Crippen LogP contribution in [0.4, 0.5) is 0 Å². The number of nitrogens with zero attached hydrogens (tertiary/aromatic N) is 1. The lowest BCUT2D eigenvalue weighted by Crippen LogP contribution is -2.13. The van der Waals surface area contributed by atoms with Crippen LogP contribution < -0.4 is 10.1 Å². The Kier molecular flexibility index (Phi) is 5.56. The van der Waals surface area contributed by atoms with Gasteiger partial charge in [-0.05, 0) is 49.2 Å². The van der Waals surface area contributed by atoms with Crippen LogP contribution in [-0.4, -0.2) is 11.5 Å². The lowest BCUT2D eigenvalue weighted by atomic mass is 10.2. The van der Waals surface area contributed by atoms with Crippen LogP contribution in [0.25, 0.3) is 0 Å². The highest BCUT2D eigenvalue weighted by Gasteiger charge is 2.01. The van der Waals surface area contributed by atoms with Crippen molar-refractivity contribution in [3.63, 3.8) is 0 Å². The van der Waals surface area contributed by atoms with E-state index in [1.807, 2.05) is 18.2 Å². The first-order chi connectivity index (χ1) is 9.79. The first-order valence-corrected chi connectivity index (χ1v) is 7.12. The molecule has 0 aliphatic heterocycles. The Hall–Kier alpha value is -1.87. The molecular weight excluding hydrogens is 248 g/mol. The van der Waals surface area contributed by atoms with Gasteiger partial charge >= 0.3 is 0 Å². The predicted octanol–water partition coefficient (Wildman–Crippen LogP) is 3.47. The number of aromatic nitrogens is 1. The molecule has 0 aliphatic rings. The molecule has 106 valence electrons. The largest absolute Gasteiger partial charge is 0.487 e. The van der Waals surface area contributed by atoms with Gasteiger partial charge in [0.25, 0.3) is 0 Å². The summed E-state index contributed by atoms with van der Waals surface area (Å²) in [6, 6.07) is 12.2. The molecule has 0 atom stereocenters. The summed E-state index contributed by atoms with van der Waals surface area (Å²) in [4.78, 5) is 4.34. The van der Waals surface area contributed by atoms with Crippen molar-refractivity contribution in [3.05, 3.63) is 59.4 Å². The maximum Gasteiger partial charge on any atom is 0.130 e. The molecule has 3 heteroatoms. The van der Waals surface area contributed by atoms with Gasteiger partial charge in [-0.15, -0.1) is 0 Å². The normalized spacial score (nSPS) is 10.5. The fraction of sp³-hybridized carbons (Fsp3) is 0.353. The zero-order chi connectivity index (χ0) is 14.2. The third kappa shape index (κ3) is 4.35. The fourth-order valence-corrected chi connectivity index (χ4v) is 1.98. The van der Waals surface area contributed by atoms with Crippen LogP contribution >= 0.6 is 0 Å². The van der Waals surface area contributed by atoms with E-state index in [-0.39, 0.29) is 0 Å². The molecule has 1 heterocycles. The number of benzene rings is 1. The first-order valence-electron chi connectivity index (χ1n) is 7.12. The molecule has 0 aliphatic carbocycles. The number of pyridine rings is 1. The zero-order valence-corrected chi connectivity index (χ0v) is 12.2. The standard InChI is InChI=1S/C17H22N2O/c1-3-9-18-12-15-7-4-8-16(11-15)20-13-17-14(2)6-5-10-19-17/h4-8,10-11,18H,3,9,12-13H2,1-2H3. The smallest absolute Gasteiger partial charge is 0.130 e. The minimum absolute atomic E-state index is 0.512. The number of aryl methyl sites for hydroxylation is 1. The van der Waals surface area contributed by atoms with Gasteiger partial charge in [0.2, 0.25) is 0 Å². The molecule has 1 N–H and O–H groups in total. The van der Waals surface area contributed by atoms with Gasteiger partial charge in [-0.3, -0.25) is 4.98 Å². The molecule has 0 radical (unpaired) electrons. The lowest BCUT2D eigenvalue weighted by Gasteiger charge is -2.09. The van der Waals surface area contributed by atoms with E-state index in [1.165, 1.54) is 5.56 Å². The second-order valence-electron chi connectivity index (χ2n) is 4.88. The zero-order valence-electron chi connectivity index (χ0n) is 12.2. The van der Waals surface area contributed by atoms with E-state index < -0.39 is 0 Å². The average molecular weight is 270 g/mol. The Labute approximate surface area is 121 Å². The van der Waals surface area contributed by atoms with Gasteiger partial charge in [0.05, 0.1) is 5.69 Å². The van der Waals surface area contributed by atoms with Crippen molar-refractivity contribution in [2.45, 2.75) is 33.4 Å². The molecule has 2 aromatic rings. The first kappa shape index (κ1) is 14.5. The van der Waals surface area contributed by atoms with E-state index in [9.17, 15) is 0 Å². The quantitative estimate of drug-likeness (QED) is 0.782. The number of ether oxygens (including phenoxy) is 1. The third-order valence-corrected chi connectivity index (χ3v) is 3.15. The van der Waals surface area contributed by atoms with Gasteiger partial charge in [0.1, 0.15) is 12.4 Å². The summed E-state index contributed by atoms with van der Waals surface area (Å²) in [7, 11) is 0. The number of hydrogen-bond donors (Lipinski definition) is 1. The van der Waals surface area contributed by atoms with Crippen molar-refractivity contribution in [1.82, 2.24) is 10.3 Å². The number of hydrogen-bond acceptors (Lipinski definition) is 3. The van der Waals surface area contributed by atoms with Crippen LogP contribution in [-0.2, 0) is 13.2 Å². The van der Waals surface area contributed by atoms with Gasteiger partial charge in [-0.1, -0.05) is 25.1 Å². The molecule has 1 aromatic heterocycles. The molecule has 0 amide bonds. The second kappa shape index (κ2) is 7.65. The Morgan fingerprint density at radius 2 is 2.10 bits per heavy atom. The van der Waals surface area contributed by atoms with Crippen molar-refractivity contribution < 1.29 is 4.74 Å². The van der Waals surface area contributed by atoms with Gasteiger partial charge in [-0.2, -0.15) is 0 Å². The van der Waals surface area contributed by atoms with Gasteiger partial charge in [0.15, 0.2) is 0 Å². The molecule has 0 bridgehead atoms. The van der Waals surface area contributed by atoms with E-state index in [1.54, 1.807) is 6.20 Å². The highest BCUT2D eigenvalue weighted by molar-refractivity contribution is 5.29. The molecule has 0 unspecified atom stereocenters. The van der Waals surface area contributed by atoms with Crippen molar-refractivity contribution >= 4 is 0 Å². The Bertz CT molecular complexity index is 540. The Morgan fingerprint density at radius 1 is 1.20 bits per heavy atom. The van der Waals surface area contributed by atoms with E-state index in [0.29, 0.717) is 6.61 Å². The number of nitrogens with one attached hydrogen (secondary N) is 1. The summed E-state index contributed by atoms with van der Waals surface area (Å²) in [6.07, 6.45) is 2.95. The van der Waals surface area contributed by atoms with Gasteiger partial charge in [0, 0.05) is 12.7 Å². The van der Waals surface area contributed by atoms with E-state index in [0.717, 1.165) is 36.5 Å². The van der Waals surface area contributed by atoms with Crippen LogP contribution in [0.5, 0.6) is 5.75 Å². The number of rotatable bonds is 7. The van der Waals surface area contributed by atoms with Crippen LogP contribution in [0.3, 0.4) is 0 Å². The molecule has 0 fully saturated rings. The summed E-state index contributed by atoms with van der Waals surface area (Å²) in [5.74, 6) is 0.894. The summed E-state index contributed by atoms with van der Waals surface area (Å²) in [5.41, 5.74) is 3.39. The molecule has 20 heavy (non-hydrogen) atoms. The molecule has 1 aromatic carbocycles. The second-order valence-corrected chi connectivity index (χ2v) is 4.88. The summed E-state index contributed by atoms with van der Waals surface area (Å²) in [6.45, 7) is 6.66. The maximum atomic E-state index is 5.83. The molecule has 0 saturated carbocycles. The lowest BCUT2D eigenvalue weighted by molar-refractivity contribution is 0.300. The molecule has 2 rings (SSSR count). The summed E-state index contributed by atoms with van der Waals surface area (Å²) in [5, 5.41) is 3.39. The summed E-state index contributed by atoms with van der Waals surface area (Å²) < 4.78 is 5.83. The third-order valence-electron chi connectivity index (χ3n) is 3.15. The van der Waals surface area contributed by atoms with Gasteiger partial charge < -0.3 is 10.1 Å². The highest BCUT2D eigenvalue weighted by Crippen LogP contribution is 2.15. The summed E-state index contributed by atoms with van der Waals surface area (Å²) >= 11 is 0. The van der Waals surface area contributed by atoms with Crippen molar-refractivity contribution in [2.75, 3.05) is 6.54 Å². The fourth-order valence-electron chi connectivity index (χ4n) is 1.98. The molecule has 3 nitrogen and oxygen atoms in total. The monoisotopic (exact) mass is 270 g/mol. The van der Waals surface area contributed by atoms with Crippen molar-refractivity contribution in [1.29, 1.82) is 0 Å². The van der Waals surface area contributed by atoms with Crippen LogP contribution in [0.15, 0.2) is 42.6 Å². The van der Waals surface area contributed by atoms with E-state index >= 15 is 0 Å². The van der Waals surface area contributed by atoms with Crippen LogP contribution in [0.2, 0.25) is 0 Å². The molecule has 0 spiro atoms. The molecule has 0 saturated heterocycles. The van der Waals surface area contributed by atoms with Crippen molar-refractivity contribution in [3.8, 4) is 5.75 Å². The Morgan fingerprint density at radius 3 is 2.90 bits per heavy atom. The minimum atomic E-state index is 0.512. The van der Waals surface area contributed by atoms with E-state index in [2.05, 4.69) is 42.3 Å². The molecular formula is C17H22N2O. The highest BCUT2D eigenvalue weighted by atomic mass is 16.5. The van der Waals surface area contributed by atoms with Gasteiger partial charge in [-0.25, -0.2) is 0 Å². The average Bonchev–Trinajstić information content (AvgIpc) is 2.47.